The van der Waals surface area contributed by atoms with E-state index in [1.54, 1.807) is 12.1 Å². The van der Waals surface area contributed by atoms with Crippen molar-refractivity contribution in [3.05, 3.63) is 27.2 Å². The fourth-order valence-corrected chi connectivity index (χ4v) is 2.11. The zero-order valence-electron chi connectivity index (χ0n) is 10.4. The van der Waals surface area contributed by atoms with E-state index in [9.17, 15) is 0 Å². The predicted molar refractivity (Wildman–Crippen MR) is 86.8 cm³/mol. The van der Waals surface area contributed by atoms with Crippen LogP contribution in [-0.4, -0.2) is 24.9 Å². The molecule has 2 N–H and O–H groups in total. The van der Waals surface area contributed by atoms with Gasteiger partial charge in [0.15, 0.2) is 5.11 Å². The van der Waals surface area contributed by atoms with Crippen molar-refractivity contribution in [1.82, 2.24) is 5.32 Å². The van der Waals surface area contributed by atoms with Crippen LogP contribution >= 0.6 is 47.0 Å². The molecule has 0 spiro atoms. The quantitative estimate of drug-likeness (QED) is 0.457. The average Bonchev–Trinajstić information content (AvgIpc) is 2.35. The van der Waals surface area contributed by atoms with Gasteiger partial charge >= 0.3 is 0 Å². The highest BCUT2D eigenvalue weighted by atomic mass is 35.5. The summed E-state index contributed by atoms with van der Waals surface area (Å²) >= 11 is 23.0. The lowest BCUT2D eigenvalue weighted by atomic mass is 10.3. The standard InChI is InChI=1S/C12H15Cl3N2OS/c1-2-18-5-3-4-16-12(19)17-11-7-9(14)8(13)6-10(11)15/h6-7H,2-5H2,1H3,(H2,16,17,19). The van der Waals surface area contributed by atoms with E-state index < -0.39 is 0 Å². The van der Waals surface area contributed by atoms with Crippen LogP contribution in [0.1, 0.15) is 13.3 Å². The molecule has 7 heteroatoms. The summed E-state index contributed by atoms with van der Waals surface area (Å²) < 4.78 is 5.22. The lowest BCUT2D eigenvalue weighted by Gasteiger charge is -2.12. The van der Waals surface area contributed by atoms with Gasteiger partial charge in [-0.25, -0.2) is 0 Å². The minimum atomic E-state index is 0.410. The molecule has 0 heterocycles. The Balaban J connectivity index is 2.42. The van der Waals surface area contributed by atoms with Gasteiger partial charge in [-0.1, -0.05) is 34.8 Å². The van der Waals surface area contributed by atoms with E-state index in [-0.39, 0.29) is 0 Å². The van der Waals surface area contributed by atoms with Crippen LogP contribution in [0.5, 0.6) is 0 Å². The van der Waals surface area contributed by atoms with Crippen molar-refractivity contribution < 1.29 is 4.74 Å². The molecule has 0 aliphatic rings. The molecule has 19 heavy (non-hydrogen) atoms. The first-order chi connectivity index (χ1) is 9.04. The Hall–Kier alpha value is -0.260. The molecule has 1 aromatic carbocycles. The third-order valence-corrected chi connectivity index (χ3v) is 3.49. The molecule has 0 saturated carbocycles. The smallest absolute Gasteiger partial charge is 0.170 e. The predicted octanol–water partition coefficient (Wildman–Crippen LogP) is 4.36. The summed E-state index contributed by atoms with van der Waals surface area (Å²) in [4.78, 5) is 0. The third-order valence-electron chi connectivity index (χ3n) is 2.21. The van der Waals surface area contributed by atoms with Gasteiger partial charge < -0.3 is 15.4 Å². The first-order valence-corrected chi connectivity index (χ1v) is 7.36. The molecule has 0 aliphatic carbocycles. The van der Waals surface area contributed by atoms with Gasteiger partial charge in [-0.05, 0) is 37.7 Å². The summed E-state index contributed by atoms with van der Waals surface area (Å²) in [6, 6.07) is 3.21. The highest BCUT2D eigenvalue weighted by molar-refractivity contribution is 7.80. The Bertz CT molecular complexity index is 443. The highest BCUT2D eigenvalue weighted by Crippen LogP contribution is 2.32. The van der Waals surface area contributed by atoms with Crippen LogP contribution in [0.15, 0.2) is 12.1 Å². The van der Waals surface area contributed by atoms with Gasteiger partial charge in [-0.2, -0.15) is 0 Å². The fraction of sp³-hybridized carbons (Fsp3) is 0.417. The van der Waals surface area contributed by atoms with Gasteiger partial charge in [0.1, 0.15) is 0 Å². The number of benzene rings is 1. The molecule has 0 saturated heterocycles. The van der Waals surface area contributed by atoms with Crippen molar-refractivity contribution in [2.45, 2.75) is 13.3 Å². The van der Waals surface area contributed by atoms with E-state index in [2.05, 4.69) is 10.6 Å². The molecule has 0 amide bonds. The van der Waals surface area contributed by atoms with Gasteiger partial charge in [0.25, 0.3) is 0 Å². The molecule has 0 aromatic heterocycles. The summed E-state index contributed by atoms with van der Waals surface area (Å²) in [5, 5.41) is 7.81. The zero-order chi connectivity index (χ0) is 14.3. The Labute approximate surface area is 133 Å². The summed E-state index contributed by atoms with van der Waals surface area (Å²) in [5.41, 5.74) is 0.623. The summed E-state index contributed by atoms with van der Waals surface area (Å²) in [5.74, 6) is 0. The Morgan fingerprint density at radius 3 is 2.58 bits per heavy atom. The molecular weight excluding hydrogens is 327 g/mol. The maximum atomic E-state index is 6.04. The van der Waals surface area contributed by atoms with Gasteiger partial charge in [0.05, 0.1) is 20.8 Å². The fourth-order valence-electron chi connectivity index (χ4n) is 1.31. The molecule has 0 radical (unpaired) electrons. The van der Waals surface area contributed by atoms with Crippen molar-refractivity contribution in [3.63, 3.8) is 0 Å². The molecule has 3 nitrogen and oxygen atoms in total. The minimum Gasteiger partial charge on any atom is -0.382 e. The summed E-state index contributed by atoms with van der Waals surface area (Å²) in [7, 11) is 0. The van der Waals surface area contributed by atoms with E-state index in [0.717, 1.165) is 19.6 Å². The second-order valence-electron chi connectivity index (χ2n) is 3.68. The first-order valence-electron chi connectivity index (χ1n) is 5.81. The Kier molecular flexibility index (Phi) is 7.80. The number of halogens is 3. The maximum Gasteiger partial charge on any atom is 0.170 e. The van der Waals surface area contributed by atoms with Crippen molar-refractivity contribution in [2.24, 2.45) is 0 Å². The molecule has 0 bridgehead atoms. The maximum absolute atomic E-state index is 6.04. The third kappa shape index (κ3) is 6.15. The molecule has 0 fully saturated rings. The van der Waals surface area contributed by atoms with Gasteiger partial charge in [0.2, 0.25) is 0 Å². The summed E-state index contributed by atoms with van der Waals surface area (Å²) in [6.07, 6.45) is 0.880. The number of hydrogen-bond acceptors (Lipinski definition) is 2. The van der Waals surface area contributed by atoms with Crippen LogP contribution in [0.25, 0.3) is 0 Å². The monoisotopic (exact) mass is 340 g/mol. The minimum absolute atomic E-state index is 0.410. The molecule has 106 valence electrons. The number of rotatable bonds is 6. The molecule has 1 aromatic rings. The van der Waals surface area contributed by atoms with Gasteiger partial charge in [-0.3, -0.25) is 0 Å². The zero-order valence-corrected chi connectivity index (χ0v) is 13.5. The van der Waals surface area contributed by atoms with Crippen LogP contribution in [0.3, 0.4) is 0 Å². The molecule has 1 rings (SSSR count). The number of thiocarbonyl (C=S) groups is 1. The van der Waals surface area contributed by atoms with E-state index >= 15 is 0 Å². The van der Waals surface area contributed by atoms with Crippen molar-refractivity contribution >= 4 is 57.8 Å². The van der Waals surface area contributed by atoms with Crippen LogP contribution in [-0.2, 0) is 4.74 Å². The number of anilines is 1. The molecule has 0 unspecified atom stereocenters. The average molecular weight is 342 g/mol. The Morgan fingerprint density at radius 1 is 1.21 bits per heavy atom. The Morgan fingerprint density at radius 2 is 1.89 bits per heavy atom. The largest absolute Gasteiger partial charge is 0.382 e. The first kappa shape index (κ1) is 16.8. The van der Waals surface area contributed by atoms with Crippen molar-refractivity contribution in [2.75, 3.05) is 25.1 Å². The number of nitrogens with one attached hydrogen (secondary N) is 2. The van der Waals surface area contributed by atoms with Crippen LogP contribution in [0, 0.1) is 0 Å². The van der Waals surface area contributed by atoms with E-state index in [1.807, 2.05) is 6.92 Å². The van der Waals surface area contributed by atoms with Crippen LogP contribution < -0.4 is 10.6 Å². The summed E-state index contributed by atoms with van der Waals surface area (Å²) in [6.45, 7) is 4.12. The lowest BCUT2D eigenvalue weighted by Crippen LogP contribution is -2.29. The number of hydrogen-bond donors (Lipinski definition) is 2. The second kappa shape index (κ2) is 8.82. The van der Waals surface area contributed by atoms with Crippen molar-refractivity contribution in [1.29, 1.82) is 0 Å². The second-order valence-corrected chi connectivity index (χ2v) is 5.31. The molecular formula is C12H15Cl3N2OS. The lowest BCUT2D eigenvalue weighted by molar-refractivity contribution is 0.146. The number of ether oxygens (including phenoxy) is 1. The van der Waals surface area contributed by atoms with E-state index in [0.29, 0.717) is 32.5 Å². The normalized spacial score (nSPS) is 10.3. The van der Waals surface area contributed by atoms with Crippen LogP contribution in [0.2, 0.25) is 15.1 Å². The van der Waals surface area contributed by atoms with E-state index in [4.69, 9.17) is 51.8 Å². The van der Waals surface area contributed by atoms with Crippen LogP contribution in [0.4, 0.5) is 5.69 Å². The topological polar surface area (TPSA) is 33.3 Å². The van der Waals surface area contributed by atoms with Gasteiger partial charge in [0, 0.05) is 19.8 Å². The highest BCUT2D eigenvalue weighted by Gasteiger charge is 2.07. The molecule has 0 atom stereocenters. The SMILES string of the molecule is CCOCCCNC(=S)Nc1cc(Cl)c(Cl)cc1Cl. The van der Waals surface area contributed by atoms with Gasteiger partial charge in [-0.15, -0.1) is 0 Å². The van der Waals surface area contributed by atoms with E-state index in [1.165, 1.54) is 0 Å². The molecule has 0 aliphatic heterocycles. The van der Waals surface area contributed by atoms with Crippen molar-refractivity contribution in [3.8, 4) is 0 Å².